The van der Waals surface area contributed by atoms with E-state index in [2.05, 4.69) is 5.32 Å². The van der Waals surface area contributed by atoms with Gasteiger partial charge in [0.2, 0.25) is 0 Å². The second-order valence-corrected chi connectivity index (χ2v) is 8.06. The Labute approximate surface area is 184 Å². The van der Waals surface area contributed by atoms with Crippen molar-refractivity contribution < 1.29 is 37.0 Å². The van der Waals surface area contributed by atoms with Gasteiger partial charge in [-0.25, -0.2) is 9.59 Å². The summed E-state index contributed by atoms with van der Waals surface area (Å²) in [6.45, 7) is 6.57. The molecule has 0 aliphatic carbocycles. The molecule has 174 valence electrons. The van der Waals surface area contributed by atoms with Crippen molar-refractivity contribution in [3.8, 4) is 16.9 Å². The van der Waals surface area contributed by atoms with Crippen molar-refractivity contribution >= 4 is 12.1 Å². The van der Waals surface area contributed by atoms with Gasteiger partial charge in [-0.3, -0.25) is 0 Å². The van der Waals surface area contributed by atoms with E-state index in [0.717, 1.165) is 19.2 Å². The summed E-state index contributed by atoms with van der Waals surface area (Å²) in [6, 6.07) is 9.78. The lowest BCUT2D eigenvalue weighted by Gasteiger charge is -2.22. The minimum atomic E-state index is -4.70. The number of amides is 1. The zero-order valence-corrected chi connectivity index (χ0v) is 18.5. The van der Waals surface area contributed by atoms with Crippen LogP contribution >= 0.6 is 0 Å². The summed E-state index contributed by atoms with van der Waals surface area (Å²) >= 11 is 0. The Bertz CT molecular complexity index is 953. The summed E-state index contributed by atoms with van der Waals surface area (Å²) in [5.74, 6) is -1.15. The number of methoxy groups -OCH3 is 1. The van der Waals surface area contributed by atoms with Gasteiger partial charge in [-0.15, -0.1) is 0 Å². The van der Waals surface area contributed by atoms with E-state index in [4.69, 9.17) is 14.2 Å². The van der Waals surface area contributed by atoms with E-state index < -0.39 is 35.5 Å². The number of halogens is 3. The lowest BCUT2D eigenvalue weighted by molar-refractivity contribution is -0.137. The van der Waals surface area contributed by atoms with Gasteiger partial charge in [-0.05, 0) is 51.0 Å². The number of alkyl halides is 3. The van der Waals surface area contributed by atoms with Crippen LogP contribution in [-0.4, -0.2) is 37.4 Å². The fraction of sp³-hybridized carbons (Fsp3) is 0.391. The first-order valence-electron chi connectivity index (χ1n) is 9.84. The second-order valence-electron chi connectivity index (χ2n) is 8.06. The monoisotopic (exact) mass is 453 g/mol. The Morgan fingerprint density at radius 1 is 1.06 bits per heavy atom. The normalized spacial score (nSPS) is 12.6. The molecule has 2 aromatic rings. The summed E-state index contributed by atoms with van der Waals surface area (Å²) in [5, 5.41) is 2.48. The first-order valence-corrected chi connectivity index (χ1v) is 9.84. The summed E-state index contributed by atoms with van der Waals surface area (Å²) < 4.78 is 57.0. The van der Waals surface area contributed by atoms with Crippen molar-refractivity contribution in [3.63, 3.8) is 0 Å². The zero-order chi connectivity index (χ0) is 24.1. The van der Waals surface area contributed by atoms with Gasteiger partial charge < -0.3 is 19.5 Å². The van der Waals surface area contributed by atoms with Crippen LogP contribution in [0.25, 0.3) is 11.1 Å². The van der Waals surface area contributed by atoms with Gasteiger partial charge in [-0.2, -0.15) is 13.2 Å². The Morgan fingerprint density at radius 2 is 1.69 bits per heavy atom. The molecule has 0 bridgehead atoms. The van der Waals surface area contributed by atoms with Crippen LogP contribution < -0.4 is 10.1 Å². The van der Waals surface area contributed by atoms with Gasteiger partial charge in [0.15, 0.2) is 0 Å². The summed E-state index contributed by atoms with van der Waals surface area (Å²) in [5.41, 5.74) is -1.72. The Balaban J connectivity index is 2.39. The van der Waals surface area contributed by atoms with Crippen LogP contribution in [-0.2, 0) is 15.7 Å². The number of ether oxygens (including phenoxy) is 3. The molecule has 0 aromatic heterocycles. The van der Waals surface area contributed by atoms with E-state index in [1.54, 1.807) is 39.0 Å². The van der Waals surface area contributed by atoms with E-state index in [0.29, 0.717) is 0 Å². The first-order chi connectivity index (χ1) is 14.8. The SMILES string of the molecule is COC(=O)c1cc(-c2ccccc2)c(C(F)(F)F)cc1O[C@@H](C)CNC(=O)OC(C)(C)C. The highest BCUT2D eigenvalue weighted by Gasteiger charge is 2.36. The van der Waals surface area contributed by atoms with E-state index in [1.807, 2.05) is 0 Å². The van der Waals surface area contributed by atoms with Crippen LogP contribution in [0.4, 0.5) is 18.0 Å². The molecule has 0 spiro atoms. The lowest BCUT2D eigenvalue weighted by Crippen LogP contribution is -2.37. The highest BCUT2D eigenvalue weighted by Crippen LogP contribution is 2.41. The van der Waals surface area contributed by atoms with Crippen molar-refractivity contribution in [1.29, 1.82) is 0 Å². The van der Waals surface area contributed by atoms with Gasteiger partial charge in [0, 0.05) is 0 Å². The molecule has 0 aliphatic rings. The number of rotatable bonds is 6. The third-order valence-corrected chi connectivity index (χ3v) is 4.18. The highest BCUT2D eigenvalue weighted by molar-refractivity contribution is 5.94. The van der Waals surface area contributed by atoms with Crippen molar-refractivity contribution in [3.05, 3.63) is 53.6 Å². The molecular weight excluding hydrogens is 427 g/mol. The molecular formula is C23H26F3NO5. The van der Waals surface area contributed by atoms with Crippen molar-refractivity contribution in [1.82, 2.24) is 5.32 Å². The molecule has 0 unspecified atom stereocenters. The third kappa shape index (κ3) is 6.90. The fourth-order valence-electron chi connectivity index (χ4n) is 2.84. The molecule has 1 atom stereocenters. The predicted molar refractivity (Wildman–Crippen MR) is 113 cm³/mol. The zero-order valence-electron chi connectivity index (χ0n) is 18.5. The maximum absolute atomic E-state index is 13.8. The smallest absolute Gasteiger partial charge is 0.417 e. The largest absolute Gasteiger partial charge is 0.488 e. The molecule has 0 heterocycles. The summed E-state index contributed by atoms with van der Waals surface area (Å²) in [4.78, 5) is 24.1. The number of carbonyl (C=O) groups is 2. The number of benzene rings is 2. The topological polar surface area (TPSA) is 73.9 Å². The number of alkyl carbamates (subject to hydrolysis) is 1. The molecule has 2 rings (SSSR count). The third-order valence-electron chi connectivity index (χ3n) is 4.18. The Morgan fingerprint density at radius 3 is 2.22 bits per heavy atom. The lowest BCUT2D eigenvalue weighted by atomic mass is 9.96. The van der Waals surface area contributed by atoms with Crippen LogP contribution in [0, 0.1) is 0 Å². The van der Waals surface area contributed by atoms with Crippen molar-refractivity contribution in [2.24, 2.45) is 0 Å². The average Bonchev–Trinajstić information content (AvgIpc) is 2.70. The maximum atomic E-state index is 13.8. The molecule has 2 aromatic carbocycles. The average molecular weight is 453 g/mol. The van der Waals surface area contributed by atoms with Crippen molar-refractivity contribution in [2.75, 3.05) is 13.7 Å². The van der Waals surface area contributed by atoms with Crippen LogP contribution in [0.5, 0.6) is 5.75 Å². The molecule has 0 saturated heterocycles. The number of nitrogens with one attached hydrogen (secondary N) is 1. The Kier molecular flexibility index (Phi) is 7.77. The van der Waals surface area contributed by atoms with Crippen LogP contribution in [0.1, 0.15) is 43.6 Å². The summed E-state index contributed by atoms with van der Waals surface area (Å²) in [6.07, 6.45) is -6.17. The van der Waals surface area contributed by atoms with E-state index in [1.165, 1.54) is 19.1 Å². The number of hydrogen-bond donors (Lipinski definition) is 1. The van der Waals surface area contributed by atoms with Crippen LogP contribution in [0.2, 0.25) is 0 Å². The maximum Gasteiger partial charge on any atom is 0.417 e. The van der Waals surface area contributed by atoms with Crippen LogP contribution in [0.3, 0.4) is 0 Å². The van der Waals surface area contributed by atoms with E-state index >= 15 is 0 Å². The quantitative estimate of drug-likeness (QED) is 0.589. The number of esters is 1. The molecule has 9 heteroatoms. The van der Waals surface area contributed by atoms with Gasteiger partial charge in [0.05, 0.1) is 19.2 Å². The second kappa shape index (κ2) is 9.93. The van der Waals surface area contributed by atoms with Crippen molar-refractivity contribution in [2.45, 2.75) is 45.6 Å². The molecule has 32 heavy (non-hydrogen) atoms. The van der Waals surface area contributed by atoms with E-state index in [9.17, 15) is 22.8 Å². The molecule has 0 radical (unpaired) electrons. The van der Waals surface area contributed by atoms with Gasteiger partial charge in [-0.1, -0.05) is 30.3 Å². The predicted octanol–water partition coefficient (Wildman–Crippen LogP) is 5.45. The van der Waals surface area contributed by atoms with Gasteiger partial charge in [0.25, 0.3) is 0 Å². The molecule has 0 fully saturated rings. The van der Waals surface area contributed by atoms with E-state index in [-0.39, 0.29) is 29.0 Å². The number of hydrogen-bond acceptors (Lipinski definition) is 5. The number of carbonyl (C=O) groups excluding carboxylic acids is 2. The summed E-state index contributed by atoms with van der Waals surface area (Å²) in [7, 11) is 1.12. The molecule has 0 saturated carbocycles. The fourth-order valence-corrected chi connectivity index (χ4v) is 2.84. The molecule has 1 amide bonds. The van der Waals surface area contributed by atoms with Crippen LogP contribution in [0.15, 0.2) is 42.5 Å². The molecule has 1 N–H and O–H groups in total. The Hall–Kier alpha value is -3.23. The van der Waals surface area contributed by atoms with Gasteiger partial charge >= 0.3 is 18.2 Å². The van der Waals surface area contributed by atoms with Gasteiger partial charge in [0.1, 0.15) is 23.0 Å². The minimum absolute atomic E-state index is 0.0582. The standard InChI is InChI=1S/C23H26F3NO5/c1-14(13-27-21(29)32-22(2,3)4)31-19-12-18(23(24,25)26)16(11-17(19)20(28)30-5)15-9-7-6-8-10-15/h6-12,14H,13H2,1-5H3,(H,27,29)/t14-/m0/s1. The molecule has 6 nitrogen and oxygen atoms in total. The highest BCUT2D eigenvalue weighted by atomic mass is 19.4. The minimum Gasteiger partial charge on any atom is -0.488 e. The first kappa shape index (κ1) is 25.0. The molecule has 0 aliphatic heterocycles.